The predicted octanol–water partition coefficient (Wildman–Crippen LogP) is 3.03. The molecule has 0 amide bonds. The van der Waals surface area contributed by atoms with Crippen LogP contribution in [-0.4, -0.2) is 15.2 Å². The Hall–Kier alpha value is 0.400. The standard InChI is InChI=1S/C5HBrIN3S2/c6-3-2(8-1-11-3)4-9-10-5(7)12-4/h1H. The van der Waals surface area contributed by atoms with Crippen LogP contribution in [0.5, 0.6) is 0 Å². The second kappa shape index (κ2) is 3.64. The lowest BCUT2D eigenvalue weighted by molar-refractivity contribution is 1.07. The predicted molar refractivity (Wildman–Crippen MR) is 61.4 cm³/mol. The first-order valence-corrected chi connectivity index (χ1v) is 6.42. The maximum Gasteiger partial charge on any atom is 0.178 e. The van der Waals surface area contributed by atoms with E-state index in [1.807, 2.05) is 0 Å². The van der Waals surface area contributed by atoms with Gasteiger partial charge < -0.3 is 0 Å². The maximum absolute atomic E-state index is 4.18. The number of hydrogen-bond acceptors (Lipinski definition) is 5. The SMILES string of the molecule is Brc1scnc1-c1nnc(I)s1. The van der Waals surface area contributed by atoms with Gasteiger partial charge in [-0.05, 0) is 38.5 Å². The van der Waals surface area contributed by atoms with Crippen LogP contribution in [0.2, 0.25) is 0 Å². The number of rotatable bonds is 1. The maximum atomic E-state index is 4.18. The lowest BCUT2D eigenvalue weighted by Crippen LogP contribution is -1.76. The molecule has 0 aromatic carbocycles. The molecule has 2 aromatic rings. The average molecular weight is 374 g/mol. The normalized spacial score (nSPS) is 10.5. The number of aromatic nitrogens is 3. The molecule has 0 radical (unpaired) electrons. The summed E-state index contributed by atoms with van der Waals surface area (Å²) in [4.78, 5) is 4.18. The van der Waals surface area contributed by atoms with Crippen molar-refractivity contribution in [2.45, 2.75) is 0 Å². The van der Waals surface area contributed by atoms with Crippen LogP contribution in [0.15, 0.2) is 9.30 Å². The topological polar surface area (TPSA) is 38.7 Å². The van der Waals surface area contributed by atoms with Crippen molar-refractivity contribution < 1.29 is 0 Å². The first kappa shape index (κ1) is 8.97. The molecule has 0 aliphatic rings. The quantitative estimate of drug-likeness (QED) is 0.721. The molecule has 12 heavy (non-hydrogen) atoms. The van der Waals surface area contributed by atoms with Gasteiger partial charge in [0.1, 0.15) is 9.48 Å². The molecule has 2 rings (SSSR count). The van der Waals surface area contributed by atoms with Gasteiger partial charge in [0.05, 0.1) is 5.51 Å². The van der Waals surface area contributed by atoms with E-state index >= 15 is 0 Å². The Bertz CT molecular complexity index is 399. The number of hydrogen-bond donors (Lipinski definition) is 0. The van der Waals surface area contributed by atoms with Crippen LogP contribution in [0.25, 0.3) is 10.7 Å². The molecule has 0 N–H and O–H groups in total. The molecular formula is C5HBrIN3S2. The van der Waals surface area contributed by atoms with E-state index in [1.165, 1.54) is 11.3 Å². The second-order valence-electron chi connectivity index (χ2n) is 1.83. The molecule has 0 saturated carbocycles. The van der Waals surface area contributed by atoms with Gasteiger partial charge in [0.25, 0.3) is 0 Å². The average Bonchev–Trinajstić information content (AvgIpc) is 2.58. The zero-order valence-electron chi connectivity index (χ0n) is 5.49. The van der Waals surface area contributed by atoms with E-state index in [1.54, 1.807) is 16.8 Å². The van der Waals surface area contributed by atoms with Crippen molar-refractivity contribution in [3.8, 4) is 10.7 Å². The Morgan fingerprint density at radius 1 is 1.42 bits per heavy atom. The first-order chi connectivity index (χ1) is 5.77. The van der Waals surface area contributed by atoms with E-state index < -0.39 is 0 Å². The van der Waals surface area contributed by atoms with E-state index in [2.05, 4.69) is 53.7 Å². The van der Waals surface area contributed by atoms with Gasteiger partial charge in [0, 0.05) is 0 Å². The van der Waals surface area contributed by atoms with Crippen LogP contribution in [0.4, 0.5) is 0 Å². The summed E-state index contributed by atoms with van der Waals surface area (Å²) in [5.41, 5.74) is 2.67. The summed E-state index contributed by atoms with van der Waals surface area (Å²) in [6.45, 7) is 0. The van der Waals surface area contributed by atoms with E-state index in [0.29, 0.717) is 0 Å². The van der Waals surface area contributed by atoms with Crippen LogP contribution in [-0.2, 0) is 0 Å². The molecule has 0 aliphatic carbocycles. The molecule has 0 unspecified atom stereocenters. The first-order valence-electron chi connectivity index (χ1n) is 2.86. The lowest BCUT2D eigenvalue weighted by Gasteiger charge is -1.85. The van der Waals surface area contributed by atoms with Gasteiger partial charge in [-0.2, -0.15) is 0 Å². The minimum Gasteiger partial charge on any atom is -0.241 e. The van der Waals surface area contributed by atoms with Gasteiger partial charge in [-0.25, -0.2) is 4.98 Å². The highest BCUT2D eigenvalue weighted by Crippen LogP contribution is 2.32. The fraction of sp³-hybridized carbons (Fsp3) is 0. The Kier molecular flexibility index (Phi) is 2.72. The van der Waals surface area contributed by atoms with Crippen LogP contribution in [0.1, 0.15) is 0 Å². The molecule has 7 heteroatoms. The second-order valence-corrected chi connectivity index (χ2v) is 6.74. The smallest absolute Gasteiger partial charge is 0.178 e. The van der Waals surface area contributed by atoms with E-state index in [0.717, 1.165) is 17.5 Å². The van der Waals surface area contributed by atoms with Crippen LogP contribution in [0.3, 0.4) is 0 Å². The van der Waals surface area contributed by atoms with Crippen molar-refractivity contribution >= 4 is 61.2 Å². The number of halogens is 2. The van der Waals surface area contributed by atoms with Crippen LogP contribution < -0.4 is 0 Å². The van der Waals surface area contributed by atoms with Gasteiger partial charge in [-0.15, -0.1) is 21.5 Å². The minimum atomic E-state index is 0.868. The largest absolute Gasteiger partial charge is 0.241 e. The summed E-state index contributed by atoms with van der Waals surface area (Å²) in [5, 5.41) is 8.78. The van der Waals surface area contributed by atoms with Gasteiger partial charge in [0.2, 0.25) is 0 Å². The fourth-order valence-corrected chi connectivity index (χ4v) is 3.23. The molecule has 3 nitrogen and oxygen atoms in total. The third-order valence-corrected chi connectivity index (χ3v) is 4.27. The summed E-state index contributed by atoms with van der Waals surface area (Å²) in [7, 11) is 0. The Labute approximate surface area is 98.5 Å². The third-order valence-electron chi connectivity index (χ3n) is 1.13. The zero-order chi connectivity index (χ0) is 8.55. The zero-order valence-corrected chi connectivity index (χ0v) is 10.9. The highest BCUT2D eigenvalue weighted by molar-refractivity contribution is 14.1. The Morgan fingerprint density at radius 3 is 2.75 bits per heavy atom. The van der Waals surface area contributed by atoms with Gasteiger partial charge in [-0.1, -0.05) is 11.3 Å². The molecule has 0 bridgehead atoms. The molecule has 0 aliphatic heterocycles. The molecule has 0 saturated heterocycles. The highest BCUT2D eigenvalue weighted by Gasteiger charge is 2.10. The number of thiazole rings is 1. The molecule has 2 aromatic heterocycles. The Morgan fingerprint density at radius 2 is 2.25 bits per heavy atom. The van der Waals surface area contributed by atoms with Crippen molar-refractivity contribution in [1.29, 1.82) is 0 Å². The van der Waals surface area contributed by atoms with Crippen molar-refractivity contribution in [2.24, 2.45) is 0 Å². The van der Waals surface area contributed by atoms with E-state index in [4.69, 9.17) is 0 Å². The summed E-state index contributed by atoms with van der Waals surface area (Å²) in [6.07, 6.45) is 0. The molecule has 2 heterocycles. The summed E-state index contributed by atoms with van der Waals surface area (Å²) >= 11 is 8.64. The van der Waals surface area contributed by atoms with Crippen LogP contribution in [0, 0.1) is 3.01 Å². The summed E-state index contributed by atoms with van der Waals surface area (Å²) < 4.78 is 1.94. The minimum absolute atomic E-state index is 0.868. The monoisotopic (exact) mass is 373 g/mol. The summed E-state index contributed by atoms with van der Waals surface area (Å²) in [6, 6.07) is 0. The van der Waals surface area contributed by atoms with Gasteiger partial charge in [-0.3, -0.25) is 0 Å². The van der Waals surface area contributed by atoms with Crippen molar-refractivity contribution in [3.63, 3.8) is 0 Å². The van der Waals surface area contributed by atoms with Crippen LogP contribution >= 0.6 is 61.2 Å². The van der Waals surface area contributed by atoms with Crippen molar-refractivity contribution in [2.75, 3.05) is 0 Å². The third kappa shape index (κ3) is 1.68. The van der Waals surface area contributed by atoms with Crippen molar-refractivity contribution in [1.82, 2.24) is 15.2 Å². The number of nitrogens with zero attached hydrogens (tertiary/aromatic N) is 3. The molecular weight excluding hydrogens is 373 g/mol. The molecule has 62 valence electrons. The van der Waals surface area contributed by atoms with E-state index in [-0.39, 0.29) is 0 Å². The molecule has 0 spiro atoms. The highest BCUT2D eigenvalue weighted by atomic mass is 127. The van der Waals surface area contributed by atoms with E-state index in [9.17, 15) is 0 Å². The lowest BCUT2D eigenvalue weighted by atomic mass is 10.5. The molecule has 0 fully saturated rings. The van der Waals surface area contributed by atoms with Gasteiger partial charge in [0.15, 0.2) is 8.02 Å². The fourth-order valence-electron chi connectivity index (χ4n) is 0.672. The molecule has 0 atom stereocenters. The van der Waals surface area contributed by atoms with Gasteiger partial charge >= 0.3 is 0 Å². The Balaban J connectivity index is 2.50. The van der Waals surface area contributed by atoms with Crippen molar-refractivity contribution in [3.05, 3.63) is 12.3 Å². The summed E-state index contributed by atoms with van der Waals surface area (Å²) in [5.74, 6) is 0.